The molecule has 2 aromatic carbocycles. The van der Waals surface area contributed by atoms with Gasteiger partial charge in [0.1, 0.15) is 0 Å². The van der Waals surface area contributed by atoms with Crippen LogP contribution in [-0.4, -0.2) is 50.6 Å². The molecule has 1 heterocycles. The van der Waals surface area contributed by atoms with E-state index in [9.17, 15) is 13.2 Å². The molecule has 0 unspecified atom stereocenters. The third-order valence-corrected chi connectivity index (χ3v) is 6.58. The lowest BCUT2D eigenvalue weighted by Crippen LogP contribution is -2.46. The van der Waals surface area contributed by atoms with Crippen LogP contribution in [0.2, 0.25) is 0 Å². The van der Waals surface area contributed by atoms with E-state index in [-0.39, 0.29) is 31.1 Å². The van der Waals surface area contributed by atoms with Crippen LogP contribution in [-0.2, 0) is 21.2 Å². The number of rotatable bonds is 11. The number of anilines is 1. The maximum absolute atomic E-state index is 12.4. The number of aliphatic hydroxyl groups excluding tert-OH is 2. The van der Waals surface area contributed by atoms with Gasteiger partial charge in [-0.1, -0.05) is 36.1 Å². The molecule has 0 saturated carbocycles. The first-order chi connectivity index (χ1) is 16.3. The second-order valence-corrected chi connectivity index (χ2v) is 10.5. The Balaban J connectivity index is 1.55. The Morgan fingerprint density at radius 2 is 1.74 bits per heavy atom. The lowest BCUT2D eigenvalue weighted by Gasteiger charge is -2.41. The minimum atomic E-state index is -3.14. The number of hydrogen-bond acceptors (Lipinski definition) is 5. The van der Waals surface area contributed by atoms with Crippen molar-refractivity contribution in [2.75, 3.05) is 30.9 Å². The first kappa shape index (κ1) is 25.9. The Morgan fingerprint density at radius 3 is 2.32 bits per heavy atom. The van der Waals surface area contributed by atoms with Crippen molar-refractivity contribution in [2.45, 2.75) is 38.1 Å². The van der Waals surface area contributed by atoms with E-state index in [4.69, 9.17) is 10.2 Å². The van der Waals surface area contributed by atoms with E-state index in [1.165, 1.54) is 0 Å². The Labute approximate surface area is 201 Å². The predicted octanol–water partition coefficient (Wildman–Crippen LogP) is 2.38. The van der Waals surface area contributed by atoms with Crippen LogP contribution in [0.5, 0.6) is 0 Å². The summed E-state index contributed by atoms with van der Waals surface area (Å²) in [5, 5.41) is 18.2. The summed E-state index contributed by atoms with van der Waals surface area (Å²) in [6.45, 7) is 0.274. The number of hydrogen-bond donors (Lipinski definition) is 3. The number of sulfonamides is 1. The summed E-state index contributed by atoms with van der Waals surface area (Å²) in [7, 11) is -3.14. The second-order valence-electron chi connectivity index (χ2n) is 8.63. The molecule has 0 aliphatic carbocycles. The number of unbranched alkanes of at least 4 members (excludes halogenated alkanes) is 1. The SMILES string of the molecule is CS(=O)(=O)NCCCCc1ccc(N2C(=O)C[C@H]2c2ccc(C#CCC(CO)CO)cc2)cc1. The number of carbonyl (C=O) groups is 1. The maximum Gasteiger partial charge on any atom is 0.230 e. The summed E-state index contributed by atoms with van der Waals surface area (Å²) in [6, 6.07) is 15.8. The van der Waals surface area contributed by atoms with Crippen molar-refractivity contribution in [3.63, 3.8) is 0 Å². The predicted molar refractivity (Wildman–Crippen MR) is 133 cm³/mol. The fourth-order valence-corrected chi connectivity index (χ4v) is 4.33. The largest absolute Gasteiger partial charge is 0.396 e. The third-order valence-electron chi connectivity index (χ3n) is 5.85. The van der Waals surface area contributed by atoms with Crippen molar-refractivity contribution in [1.29, 1.82) is 0 Å². The highest BCUT2D eigenvalue weighted by Crippen LogP contribution is 2.38. The molecule has 8 heteroatoms. The van der Waals surface area contributed by atoms with Crippen LogP contribution in [0.15, 0.2) is 48.5 Å². The monoisotopic (exact) mass is 484 g/mol. The normalized spacial score (nSPS) is 15.7. The van der Waals surface area contributed by atoms with E-state index in [1.54, 1.807) is 0 Å². The van der Waals surface area contributed by atoms with Gasteiger partial charge in [0, 0.05) is 43.3 Å². The highest BCUT2D eigenvalue weighted by Gasteiger charge is 2.38. The standard InChI is InChI=1S/C26H32N2O5S/c1-34(32,33)27-16-3-2-5-20-10-14-24(15-11-20)28-25(17-26(28)31)23-12-8-21(9-13-23)6-4-7-22(18-29)19-30/h8-15,22,25,27,29-30H,2-3,5,7,16-19H2,1H3/t25-/m0/s1. The fraction of sp³-hybridized carbons (Fsp3) is 0.423. The van der Waals surface area contributed by atoms with Gasteiger partial charge < -0.3 is 15.1 Å². The van der Waals surface area contributed by atoms with Crippen molar-refractivity contribution in [1.82, 2.24) is 4.72 Å². The van der Waals surface area contributed by atoms with E-state index in [1.807, 2.05) is 53.4 Å². The number of amides is 1. The lowest BCUT2D eigenvalue weighted by molar-refractivity contribution is -0.124. The van der Waals surface area contributed by atoms with E-state index in [0.29, 0.717) is 19.4 Å². The van der Waals surface area contributed by atoms with Crippen LogP contribution in [0.3, 0.4) is 0 Å². The number of benzene rings is 2. The highest BCUT2D eigenvalue weighted by molar-refractivity contribution is 7.88. The molecule has 3 N–H and O–H groups in total. The average molecular weight is 485 g/mol. The number of aryl methyl sites for hydroxylation is 1. The van der Waals surface area contributed by atoms with Crippen LogP contribution in [0.4, 0.5) is 5.69 Å². The minimum Gasteiger partial charge on any atom is -0.396 e. The summed E-state index contributed by atoms with van der Waals surface area (Å²) < 4.78 is 24.7. The molecule has 1 amide bonds. The number of carbonyl (C=O) groups excluding carboxylic acids is 1. The molecule has 182 valence electrons. The molecule has 3 rings (SSSR count). The van der Waals surface area contributed by atoms with Crippen molar-refractivity contribution in [3.8, 4) is 11.8 Å². The topological polar surface area (TPSA) is 107 Å². The number of β-lactam (4-membered cyclic amide) rings is 1. The quantitative estimate of drug-likeness (QED) is 0.258. The number of aliphatic hydroxyl groups is 2. The third kappa shape index (κ3) is 7.40. The maximum atomic E-state index is 12.4. The second kappa shape index (κ2) is 12.1. The summed E-state index contributed by atoms with van der Waals surface area (Å²) in [4.78, 5) is 14.2. The number of nitrogens with zero attached hydrogens (tertiary/aromatic N) is 1. The summed E-state index contributed by atoms with van der Waals surface area (Å²) in [6.07, 6.45) is 4.56. The van der Waals surface area contributed by atoms with E-state index < -0.39 is 10.0 Å². The molecule has 34 heavy (non-hydrogen) atoms. The molecule has 0 radical (unpaired) electrons. The molecule has 1 saturated heterocycles. The Hall–Kier alpha value is -2.70. The number of nitrogens with one attached hydrogen (secondary N) is 1. The molecule has 1 atom stereocenters. The zero-order valence-corrected chi connectivity index (χ0v) is 20.2. The van der Waals surface area contributed by atoms with Crippen molar-refractivity contribution < 1.29 is 23.4 Å². The van der Waals surface area contributed by atoms with E-state index >= 15 is 0 Å². The van der Waals surface area contributed by atoms with Gasteiger partial charge in [0.15, 0.2) is 0 Å². The summed E-state index contributed by atoms with van der Waals surface area (Å²) in [5.74, 6) is 5.91. The lowest BCUT2D eigenvalue weighted by atomic mass is 9.92. The fourth-order valence-electron chi connectivity index (χ4n) is 3.82. The first-order valence-corrected chi connectivity index (χ1v) is 13.4. The molecule has 1 aliphatic heterocycles. The molecule has 0 bridgehead atoms. The van der Waals surface area contributed by atoms with Crippen LogP contribution in [0, 0.1) is 17.8 Å². The zero-order valence-electron chi connectivity index (χ0n) is 19.4. The van der Waals surface area contributed by atoms with Gasteiger partial charge in [0.25, 0.3) is 0 Å². The Morgan fingerprint density at radius 1 is 1.06 bits per heavy atom. The van der Waals surface area contributed by atoms with Gasteiger partial charge >= 0.3 is 0 Å². The summed E-state index contributed by atoms with van der Waals surface area (Å²) >= 11 is 0. The molecular weight excluding hydrogens is 452 g/mol. The zero-order chi connectivity index (χ0) is 24.6. The van der Waals surface area contributed by atoms with Crippen LogP contribution < -0.4 is 9.62 Å². The minimum absolute atomic E-state index is 0.00409. The van der Waals surface area contributed by atoms with Gasteiger partial charge in [0.2, 0.25) is 15.9 Å². The van der Waals surface area contributed by atoms with Crippen LogP contribution in [0.1, 0.15) is 48.4 Å². The molecule has 7 nitrogen and oxygen atoms in total. The van der Waals surface area contributed by atoms with E-state index in [2.05, 4.69) is 16.6 Å². The van der Waals surface area contributed by atoms with Crippen molar-refractivity contribution >= 4 is 21.6 Å². The smallest absolute Gasteiger partial charge is 0.230 e. The average Bonchev–Trinajstić information content (AvgIpc) is 2.81. The van der Waals surface area contributed by atoms with Gasteiger partial charge in [-0.3, -0.25) is 4.79 Å². The van der Waals surface area contributed by atoms with Gasteiger partial charge in [0.05, 0.1) is 18.7 Å². The van der Waals surface area contributed by atoms with Gasteiger partial charge in [-0.15, -0.1) is 0 Å². The van der Waals surface area contributed by atoms with Crippen molar-refractivity contribution in [3.05, 3.63) is 65.2 Å². The van der Waals surface area contributed by atoms with Crippen LogP contribution in [0.25, 0.3) is 0 Å². The van der Waals surface area contributed by atoms with Gasteiger partial charge in [-0.05, 0) is 54.7 Å². The first-order valence-electron chi connectivity index (χ1n) is 11.5. The van der Waals surface area contributed by atoms with Gasteiger partial charge in [-0.2, -0.15) is 0 Å². The van der Waals surface area contributed by atoms with Crippen LogP contribution >= 0.6 is 0 Å². The molecule has 0 aromatic heterocycles. The molecule has 1 fully saturated rings. The molecule has 2 aromatic rings. The molecule has 1 aliphatic rings. The molecular formula is C26H32N2O5S. The highest BCUT2D eigenvalue weighted by atomic mass is 32.2. The Bertz CT molecular complexity index is 1110. The van der Waals surface area contributed by atoms with E-state index in [0.717, 1.165) is 47.9 Å². The molecule has 0 spiro atoms. The summed E-state index contributed by atoms with van der Waals surface area (Å²) in [5.41, 5.74) is 3.93. The van der Waals surface area contributed by atoms with Gasteiger partial charge in [-0.25, -0.2) is 13.1 Å². The van der Waals surface area contributed by atoms with Crippen molar-refractivity contribution in [2.24, 2.45) is 5.92 Å². The Kier molecular flexibility index (Phi) is 9.25.